The zero-order chi connectivity index (χ0) is 12.3. The van der Waals surface area contributed by atoms with E-state index < -0.39 is 6.10 Å². The van der Waals surface area contributed by atoms with Gasteiger partial charge < -0.3 is 9.84 Å². The van der Waals surface area contributed by atoms with E-state index in [1.165, 1.54) is 12.8 Å². The molecule has 1 aliphatic carbocycles. The molecule has 0 aromatic carbocycles. The first-order valence-electron chi connectivity index (χ1n) is 6.59. The fourth-order valence-electron chi connectivity index (χ4n) is 2.26. The Morgan fingerprint density at radius 3 is 2.88 bits per heavy atom. The predicted octanol–water partition coefficient (Wildman–Crippen LogP) is 2.14. The molecular formula is C13H22N2O2. The van der Waals surface area contributed by atoms with Gasteiger partial charge in [-0.25, -0.2) is 0 Å². The van der Waals surface area contributed by atoms with Gasteiger partial charge in [0.25, 0.3) is 0 Å². The molecule has 0 bridgehead atoms. The summed E-state index contributed by atoms with van der Waals surface area (Å²) in [6, 6.07) is 1.90. The van der Waals surface area contributed by atoms with E-state index in [2.05, 4.69) is 12.0 Å². The Kier molecular flexibility index (Phi) is 4.18. The lowest BCUT2D eigenvalue weighted by Crippen LogP contribution is -2.26. The maximum atomic E-state index is 10.4. The fourth-order valence-corrected chi connectivity index (χ4v) is 2.26. The minimum absolute atomic E-state index is 0.0627. The highest BCUT2D eigenvalue weighted by Crippen LogP contribution is 2.39. The maximum absolute atomic E-state index is 10.4. The van der Waals surface area contributed by atoms with Crippen LogP contribution in [0.25, 0.3) is 0 Å². The van der Waals surface area contributed by atoms with Gasteiger partial charge in [-0.2, -0.15) is 5.10 Å². The fraction of sp³-hybridized carbons (Fsp3) is 0.769. The van der Waals surface area contributed by atoms with E-state index >= 15 is 0 Å². The quantitative estimate of drug-likeness (QED) is 0.791. The van der Waals surface area contributed by atoms with Gasteiger partial charge >= 0.3 is 0 Å². The van der Waals surface area contributed by atoms with E-state index in [0.717, 1.165) is 18.7 Å². The first kappa shape index (κ1) is 12.6. The van der Waals surface area contributed by atoms with Gasteiger partial charge in [0.15, 0.2) is 0 Å². The molecule has 1 N–H and O–H groups in total. The second-order valence-corrected chi connectivity index (χ2v) is 4.68. The average molecular weight is 238 g/mol. The van der Waals surface area contributed by atoms with Crippen LogP contribution in [0, 0.1) is 5.92 Å². The van der Waals surface area contributed by atoms with Gasteiger partial charge in [0, 0.05) is 19.3 Å². The van der Waals surface area contributed by atoms with Crippen LogP contribution in [0.4, 0.5) is 0 Å². The van der Waals surface area contributed by atoms with E-state index in [9.17, 15) is 5.11 Å². The maximum Gasteiger partial charge on any atom is 0.122 e. The minimum atomic E-state index is -0.545. The predicted molar refractivity (Wildman–Crippen MR) is 65.6 cm³/mol. The lowest BCUT2D eigenvalue weighted by atomic mass is 10.1. The van der Waals surface area contributed by atoms with Crippen molar-refractivity contribution in [2.75, 3.05) is 6.61 Å². The minimum Gasteiger partial charge on any atom is -0.384 e. The molecule has 2 atom stereocenters. The van der Waals surface area contributed by atoms with Gasteiger partial charge in [-0.15, -0.1) is 0 Å². The van der Waals surface area contributed by atoms with Gasteiger partial charge in [-0.3, -0.25) is 4.68 Å². The van der Waals surface area contributed by atoms with Crippen LogP contribution in [0.3, 0.4) is 0 Å². The van der Waals surface area contributed by atoms with Crippen LogP contribution >= 0.6 is 0 Å². The summed E-state index contributed by atoms with van der Waals surface area (Å²) in [4.78, 5) is 0. The molecule has 4 nitrogen and oxygen atoms in total. The van der Waals surface area contributed by atoms with Crippen molar-refractivity contribution in [3.8, 4) is 0 Å². The number of aryl methyl sites for hydroxylation is 1. The third-order valence-corrected chi connectivity index (χ3v) is 3.24. The van der Waals surface area contributed by atoms with E-state index in [4.69, 9.17) is 4.74 Å². The molecule has 2 unspecified atom stereocenters. The third kappa shape index (κ3) is 2.87. The zero-order valence-electron chi connectivity index (χ0n) is 10.7. The summed E-state index contributed by atoms with van der Waals surface area (Å²) >= 11 is 0. The van der Waals surface area contributed by atoms with Crippen LogP contribution < -0.4 is 0 Å². The summed E-state index contributed by atoms with van der Waals surface area (Å²) in [6.07, 6.45) is 4.51. The SMILES string of the molecule is CCCn1nccc1C(O)C(OCC)C1CC1. The molecule has 96 valence electrons. The highest BCUT2D eigenvalue weighted by molar-refractivity contribution is 5.08. The first-order chi connectivity index (χ1) is 8.27. The third-order valence-electron chi connectivity index (χ3n) is 3.24. The molecule has 1 aliphatic rings. The standard InChI is InChI=1S/C13H22N2O2/c1-3-9-15-11(7-8-14-15)12(16)13(17-4-2)10-5-6-10/h7-8,10,12-13,16H,3-6,9H2,1-2H3. The smallest absolute Gasteiger partial charge is 0.122 e. The second-order valence-electron chi connectivity index (χ2n) is 4.68. The van der Waals surface area contributed by atoms with Crippen LogP contribution in [0.2, 0.25) is 0 Å². The van der Waals surface area contributed by atoms with E-state index in [-0.39, 0.29) is 6.10 Å². The molecule has 1 saturated carbocycles. The summed E-state index contributed by atoms with van der Waals surface area (Å²) in [5, 5.41) is 14.7. The number of aromatic nitrogens is 2. The molecule has 4 heteroatoms. The Labute approximate surface area is 103 Å². The second kappa shape index (κ2) is 5.65. The van der Waals surface area contributed by atoms with Crippen molar-refractivity contribution in [3.63, 3.8) is 0 Å². The normalized spacial score (nSPS) is 19.2. The van der Waals surface area contributed by atoms with Crippen molar-refractivity contribution >= 4 is 0 Å². The van der Waals surface area contributed by atoms with Crippen molar-refractivity contribution in [2.24, 2.45) is 5.92 Å². The summed E-state index contributed by atoms with van der Waals surface area (Å²) in [6.45, 7) is 5.59. The Bertz CT molecular complexity index is 347. The Morgan fingerprint density at radius 1 is 1.53 bits per heavy atom. The van der Waals surface area contributed by atoms with E-state index in [0.29, 0.717) is 12.5 Å². The van der Waals surface area contributed by atoms with Crippen LogP contribution in [0.1, 0.15) is 44.9 Å². The van der Waals surface area contributed by atoms with Crippen molar-refractivity contribution in [2.45, 2.75) is 51.9 Å². The Morgan fingerprint density at radius 2 is 2.29 bits per heavy atom. The van der Waals surface area contributed by atoms with Crippen LogP contribution in [-0.4, -0.2) is 27.6 Å². The van der Waals surface area contributed by atoms with Crippen molar-refractivity contribution in [1.82, 2.24) is 9.78 Å². The molecule has 1 aromatic heterocycles. The number of hydrogen-bond acceptors (Lipinski definition) is 3. The average Bonchev–Trinajstić information content (AvgIpc) is 3.06. The molecule has 0 saturated heterocycles. The largest absolute Gasteiger partial charge is 0.384 e. The van der Waals surface area contributed by atoms with Gasteiger partial charge in [0.2, 0.25) is 0 Å². The highest BCUT2D eigenvalue weighted by Gasteiger charge is 2.38. The summed E-state index contributed by atoms with van der Waals surface area (Å²) in [5.74, 6) is 0.523. The molecule has 1 fully saturated rings. The van der Waals surface area contributed by atoms with Gasteiger partial charge in [-0.1, -0.05) is 6.92 Å². The summed E-state index contributed by atoms with van der Waals surface area (Å²) in [7, 11) is 0. The molecule has 1 heterocycles. The molecular weight excluding hydrogens is 216 g/mol. The lowest BCUT2D eigenvalue weighted by Gasteiger charge is -2.23. The van der Waals surface area contributed by atoms with Gasteiger partial charge in [0.05, 0.1) is 11.8 Å². The van der Waals surface area contributed by atoms with Crippen molar-refractivity contribution in [1.29, 1.82) is 0 Å². The van der Waals surface area contributed by atoms with Crippen molar-refractivity contribution in [3.05, 3.63) is 18.0 Å². The lowest BCUT2D eigenvalue weighted by molar-refractivity contribution is -0.0496. The molecule has 0 spiro atoms. The molecule has 1 aromatic rings. The number of ether oxygens (including phenoxy) is 1. The van der Waals surface area contributed by atoms with E-state index in [1.807, 2.05) is 17.7 Å². The topological polar surface area (TPSA) is 47.3 Å². The summed E-state index contributed by atoms with van der Waals surface area (Å²) < 4.78 is 7.58. The van der Waals surface area contributed by atoms with Crippen LogP contribution in [0.15, 0.2) is 12.3 Å². The molecule has 2 rings (SSSR count). The monoisotopic (exact) mass is 238 g/mol. The first-order valence-corrected chi connectivity index (χ1v) is 6.59. The molecule has 17 heavy (non-hydrogen) atoms. The summed E-state index contributed by atoms with van der Waals surface area (Å²) in [5.41, 5.74) is 0.886. The molecule has 0 radical (unpaired) electrons. The van der Waals surface area contributed by atoms with Crippen LogP contribution in [-0.2, 0) is 11.3 Å². The number of nitrogens with zero attached hydrogens (tertiary/aromatic N) is 2. The molecule has 0 aliphatic heterocycles. The van der Waals surface area contributed by atoms with Crippen molar-refractivity contribution < 1.29 is 9.84 Å². The Hall–Kier alpha value is -0.870. The van der Waals surface area contributed by atoms with Gasteiger partial charge in [-0.05, 0) is 38.2 Å². The number of aliphatic hydroxyl groups excluding tert-OH is 1. The number of rotatable bonds is 7. The zero-order valence-corrected chi connectivity index (χ0v) is 10.7. The van der Waals surface area contributed by atoms with E-state index in [1.54, 1.807) is 6.20 Å². The molecule has 0 amide bonds. The highest BCUT2D eigenvalue weighted by atomic mass is 16.5. The number of hydrogen-bond donors (Lipinski definition) is 1. The number of aliphatic hydroxyl groups is 1. The van der Waals surface area contributed by atoms with Crippen LogP contribution in [0.5, 0.6) is 0 Å². The van der Waals surface area contributed by atoms with Gasteiger partial charge in [0.1, 0.15) is 6.10 Å². The Balaban J connectivity index is 2.10.